The first-order valence-corrected chi connectivity index (χ1v) is 15.1. The van der Waals surface area contributed by atoms with Gasteiger partial charge in [0, 0.05) is 13.0 Å². The molecule has 0 unspecified atom stereocenters. The van der Waals surface area contributed by atoms with Gasteiger partial charge in [-0.3, -0.25) is 9.35 Å². The zero-order valence-electron chi connectivity index (χ0n) is 23.4. The van der Waals surface area contributed by atoms with Gasteiger partial charge in [0.1, 0.15) is 0 Å². The van der Waals surface area contributed by atoms with Crippen molar-refractivity contribution in [2.75, 3.05) is 12.3 Å². The molecule has 8 nitrogen and oxygen atoms in total. The number of hydrogen-bond acceptors (Lipinski definition) is 6. The van der Waals surface area contributed by atoms with E-state index in [0.717, 1.165) is 38.5 Å². The summed E-state index contributed by atoms with van der Waals surface area (Å²) in [5, 5.41) is 35.8. The topological polar surface area (TPSA) is 144 Å². The zero-order valence-corrected chi connectivity index (χ0v) is 25.2. The summed E-state index contributed by atoms with van der Waals surface area (Å²) in [5.41, 5.74) is -0.254. The summed E-state index contributed by atoms with van der Waals surface area (Å²) in [6, 6.07) is 0. The molecular formula is C26H46NNaO7S. The zero-order chi connectivity index (χ0) is 25.8. The minimum absolute atomic E-state index is 0. The Hall–Kier alpha value is 0.260. The molecule has 0 aromatic carbocycles. The summed E-state index contributed by atoms with van der Waals surface area (Å²) in [5.74, 6) is 0.705. The molecule has 1 amide bonds. The number of carbonyl (C=O) groups is 1. The van der Waals surface area contributed by atoms with E-state index in [1.165, 1.54) is 0 Å². The molecule has 11 atom stereocenters. The molecule has 4 fully saturated rings. The van der Waals surface area contributed by atoms with Crippen molar-refractivity contribution in [3.63, 3.8) is 0 Å². The largest absolute Gasteiger partial charge is 1.00 e. The van der Waals surface area contributed by atoms with E-state index in [1.807, 2.05) is 0 Å². The average molecular weight is 540 g/mol. The van der Waals surface area contributed by atoms with E-state index in [4.69, 9.17) is 4.55 Å². The van der Waals surface area contributed by atoms with Crippen molar-refractivity contribution in [1.29, 1.82) is 0 Å². The second-order valence-corrected chi connectivity index (χ2v) is 14.2. The Morgan fingerprint density at radius 2 is 1.78 bits per heavy atom. The first-order chi connectivity index (χ1) is 16.3. The molecule has 0 radical (unpaired) electrons. The predicted octanol–water partition coefficient (Wildman–Crippen LogP) is -0.515. The number of carbonyl (C=O) groups excluding carboxylic acids is 1. The van der Waals surface area contributed by atoms with E-state index in [2.05, 4.69) is 26.1 Å². The Morgan fingerprint density at radius 1 is 1.08 bits per heavy atom. The number of nitrogens with one attached hydrogen (secondary N) is 1. The molecule has 10 heteroatoms. The minimum Gasteiger partial charge on any atom is -1.00 e. The molecule has 0 spiro atoms. The summed E-state index contributed by atoms with van der Waals surface area (Å²) in [6.45, 7) is 6.56. The van der Waals surface area contributed by atoms with Crippen LogP contribution >= 0.6 is 0 Å². The van der Waals surface area contributed by atoms with Gasteiger partial charge in [0.2, 0.25) is 5.91 Å². The standard InChI is InChI=1S/C26H45NO7S.Na.H/c1-15(4-7-23(31)27-10-11-35(32,33)34)18-5-6-19-24-20(14-22(30)26(18,19)3)25(2)9-8-17(28)12-16(25)13-21(24)29;;/h15-22,24,28-30H,4-14H2,1-3H3,(H,27,31)(H,32,33,34);;/q;+1;-1/t15-,16+,17-,18-,19+,20+,21-,22+,24+,25+,26-;;/m1../s1. The summed E-state index contributed by atoms with van der Waals surface area (Å²) < 4.78 is 30.5. The van der Waals surface area contributed by atoms with Crippen LogP contribution in [0.5, 0.6) is 0 Å². The average Bonchev–Trinajstić information content (AvgIpc) is 3.12. The van der Waals surface area contributed by atoms with Crippen molar-refractivity contribution in [3.8, 4) is 0 Å². The maximum absolute atomic E-state index is 12.2. The van der Waals surface area contributed by atoms with Crippen LogP contribution in [0.15, 0.2) is 0 Å². The normalized spacial score (nSPS) is 45.0. The monoisotopic (exact) mass is 539 g/mol. The van der Waals surface area contributed by atoms with Crippen LogP contribution in [0.2, 0.25) is 0 Å². The summed E-state index contributed by atoms with van der Waals surface area (Å²) in [6.07, 6.45) is 5.67. The van der Waals surface area contributed by atoms with Gasteiger partial charge < -0.3 is 22.1 Å². The van der Waals surface area contributed by atoms with Crippen LogP contribution in [0.25, 0.3) is 0 Å². The van der Waals surface area contributed by atoms with Gasteiger partial charge in [-0.2, -0.15) is 8.42 Å². The fourth-order valence-corrected chi connectivity index (χ4v) is 9.46. The SMILES string of the molecule is C[C@H](CCC(=O)NCCS(=O)(=O)O)[C@H]1CC[C@H]2[C@@H]3[C@H](O)C[C@@H]4C[C@H](O)CC[C@]4(C)[C@H]3C[C@H](O)[C@]12C.[H-].[Na+]. The Bertz CT molecular complexity index is 909. The molecule has 4 rings (SSSR count). The molecule has 4 saturated carbocycles. The number of aliphatic hydroxyl groups is 3. The number of fused-ring (bicyclic) bond motifs is 5. The molecule has 0 aromatic rings. The van der Waals surface area contributed by atoms with E-state index < -0.39 is 28.1 Å². The number of aliphatic hydroxyl groups excluding tert-OH is 3. The molecule has 4 aliphatic rings. The molecule has 5 N–H and O–H groups in total. The maximum Gasteiger partial charge on any atom is 1.00 e. The molecule has 0 aromatic heterocycles. The summed E-state index contributed by atoms with van der Waals surface area (Å²) >= 11 is 0. The quantitative estimate of drug-likeness (QED) is 0.216. The second-order valence-electron chi connectivity index (χ2n) is 12.7. The number of hydrogen-bond donors (Lipinski definition) is 5. The van der Waals surface area contributed by atoms with Gasteiger partial charge in [-0.15, -0.1) is 0 Å². The van der Waals surface area contributed by atoms with Gasteiger partial charge in [-0.25, -0.2) is 0 Å². The Morgan fingerprint density at radius 3 is 2.44 bits per heavy atom. The van der Waals surface area contributed by atoms with Gasteiger partial charge >= 0.3 is 29.6 Å². The Labute approximate surface area is 239 Å². The minimum atomic E-state index is -4.10. The van der Waals surface area contributed by atoms with Crippen LogP contribution in [0, 0.1) is 46.3 Å². The third-order valence-corrected chi connectivity index (χ3v) is 11.7. The third kappa shape index (κ3) is 5.74. The number of rotatable bonds is 7. The molecule has 204 valence electrons. The van der Waals surface area contributed by atoms with Crippen LogP contribution < -0.4 is 34.9 Å². The van der Waals surface area contributed by atoms with Gasteiger partial charge in [-0.1, -0.05) is 20.8 Å². The molecule has 0 saturated heterocycles. The van der Waals surface area contributed by atoms with Crippen molar-refractivity contribution in [3.05, 3.63) is 0 Å². The maximum atomic E-state index is 12.2. The van der Waals surface area contributed by atoms with Crippen molar-refractivity contribution >= 4 is 16.0 Å². The van der Waals surface area contributed by atoms with Gasteiger partial charge in [0.05, 0.1) is 24.1 Å². The van der Waals surface area contributed by atoms with E-state index in [9.17, 15) is 28.5 Å². The Balaban J connectivity index is 0.00000241. The van der Waals surface area contributed by atoms with Crippen LogP contribution in [0.1, 0.15) is 80.0 Å². The molecule has 0 bridgehead atoms. The van der Waals surface area contributed by atoms with Gasteiger partial charge in [0.25, 0.3) is 10.1 Å². The van der Waals surface area contributed by atoms with Crippen LogP contribution in [-0.4, -0.2) is 64.8 Å². The van der Waals surface area contributed by atoms with E-state index in [-0.39, 0.29) is 96.4 Å². The van der Waals surface area contributed by atoms with Crippen LogP contribution in [-0.2, 0) is 14.9 Å². The van der Waals surface area contributed by atoms with Crippen LogP contribution in [0.4, 0.5) is 0 Å². The predicted molar refractivity (Wildman–Crippen MR) is 133 cm³/mol. The molecule has 0 aliphatic heterocycles. The van der Waals surface area contributed by atoms with Crippen molar-refractivity contribution < 1.29 is 64.1 Å². The smallest absolute Gasteiger partial charge is 1.00 e. The fraction of sp³-hybridized carbons (Fsp3) is 0.962. The summed E-state index contributed by atoms with van der Waals surface area (Å²) in [4.78, 5) is 12.2. The molecule has 36 heavy (non-hydrogen) atoms. The Kier molecular flexibility index (Phi) is 9.75. The molecule has 4 aliphatic carbocycles. The molecule has 0 heterocycles. The van der Waals surface area contributed by atoms with Gasteiger partial charge in [-0.05, 0) is 97.7 Å². The van der Waals surface area contributed by atoms with E-state index >= 15 is 0 Å². The van der Waals surface area contributed by atoms with E-state index in [1.54, 1.807) is 0 Å². The van der Waals surface area contributed by atoms with Crippen LogP contribution in [0.3, 0.4) is 0 Å². The first kappa shape index (κ1) is 30.8. The summed E-state index contributed by atoms with van der Waals surface area (Å²) in [7, 11) is -4.10. The number of amides is 1. The van der Waals surface area contributed by atoms with Crippen molar-refractivity contribution in [2.45, 2.75) is 96.9 Å². The van der Waals surface area contributed by atoms with Crippen molar-refractivity contribution in [1.82, 2.24) is 5.32 Å². The third-order valence-electron chi connectivity index (χ3n) is 11.0. The second kappa shape index (κ2) is 11.4. The first-order valence-electron chi connectivity index (χ1n) is 13.5. The van der Waals surface area contributed by atoms with E-state index in [0.29, 0.717) is 18.8 Å². The van der Waals surface area contributed by atoms with Gasteiger partial charge in [0.15, 0.2) is 0 Å². The van der Waals surface area contributed by atoms with Crippen molar-refractivity contribution in [2.24, 2.45) is 46.3 Å². The fourth-order valence-electron chi connectivity index (χ4n) is 9.10. The molecular weight excluding hydrogens is 493 g/mol.